The van der Waals surface area contributed by atoms with Crippen molar-refractivity contribution in [2.24, 2.45) is 5.92 Å². The first kappa shape index (κ1) is 7.86. The Hall–Kier alpha value is -1.77. The topological polar surface area (TPSA) is 46.5 Å². The van der Waals surface area contributed by atoms with Gasteiger partial charge in [-0.15, -0.1) is 0 Å². The lowest BCUT2D eigenvalue weighted by Gasteiger charge is -2.23. The lowest BCUT2D eigenvalue weighted by molar-refractivity contribution is -0.135. The quantitative estimate of drug-likeness (QED) is 0.570. The van der Waals surface area contributed by atoms with E-state index in [0.717, 1.165) is 5.57 Å². The number of fused-ring (bicyclic) bond motifs is 1. The molecule has 66 valence electrons. The van der Waals surface area contributed by atoms with Crippen LogP contribution in [0.4, 0.5) is 0 Å². The Morgan fingerprint density at radius 1 is 1.46 bits per heavy atom. The highest BCUT2D eigenvalue weighted by molar-refractivity contribution is 5.86. The van der Waals surface area contributed by atoms with Crippen molar-refractivity contribution in [1.82, 2.24) is 0 Å². The summed E-state index contributed by atoms with van der Waals surface area (Å²) in [5.74, 6) is 0.0108. The molecule has 0 aromatic heterocycles. The number of rotatable bonds is 0. The minimum atomic E-state index is -0.435. The van der Waals surface area contributed by atoms with E-state index in [1.165, 1.54) is 12.2 Å². The zero-order chi connectivity index (χ0) is 9.42. The van der Waals surface area contributed by atoms with E-state index < -0.39 is 5.97 Å². The molecule has 2 aliphatic rings. The fourth-order valence-corrected chi connectivity index (χ4v) is 1.40. The van der Waals surface area contributed by atoms with Crippen LogP contribution in [0, 0.1) is 5.92 Å². The third kappa shape index (κ3) is 1.28. The molecule has 1 heterocycles. The Labute approximate surface area is 75.3 Å². The number of aliphatic hydroxyl groups is 1. The van der Waals surface area contributed by atoms with E-state index in [-0.39, 0.29) is 11.7 Å². The molecule has 3 heteroatoms. The average Bonchev–Trinajstić information content (AvgIpc) is 2.02. The van der Waals surface area contributed by atoms with Gasteiger partial charge in [0.05, 0.1) is 5.92 Å². The maximum atomic E-state index is 10.9. The summed E-state index contributed by atoms with van der Waals surface area (Å²) in [6.45, 7) is 3.63. The summed E-state index contributed by atoms with van der Waals surface area (Å²) >= 11 is 0. The molecule has 13 heavy (non-hydrogen) atoms. The van der Waals surface area contributed by atoms with Crippen LogP contribution in [0.15, 0.2) is 48.0 Å². The average molecular weight is 176 g/mol. The van der Waals surface area contributed by atoms with Gasteiger partial charge in [-0.25, -0.2) is 4.79 Å². The van der Waals surface area contributed by atoms with E-state index in [1.54, 1.807) is 12.2 Å². The first-order chi connectivity index (χ1) is 6.16. The lowest BCUT2D eigenvalue weighted by atomic mass is 9.91. The molecule has 0 amide bonds. The van der Waals surface area contributed by atoms with Gasteiger partial charge in [0, 0.05) is 6.08 Å². The largest absolute Gasteiger partial charge is 0.508 e. The second kappa shape index (κ2) is 2.62. The Morgan fingerprint density at radius 2 is 2.23 bits per heavy atom. The minimum Gasteiger partial charge on any atom is -0.508 e. The molecule has 1 unspecified atom stereocenters. The highest BCUT2D eigenvalue weighted by Gasteiger charge is 2.25. The maximum Gasteiger partial charge on any atom is 0.336 e. The van der Waals surface area contributed by atoms with Gasteiger partial charge in [-0.05, 0) is 17.7 Å². The van der Waals surface area contributed by atoms with Crippen LogP contribution in [-0.4, -0.2) is 11.1 Å². The van der Waals surface area contributed by atoms with Crippen LogP contribution in [0.3, 0.4) is 0 Å². The van der Waals surface area contributed by atoms with Gasteiger partial charge in [0.2, 0.25) is 0 Å². The van der Waals surface area contributed by atoms with Crippen molar-refractivity contribution in [1.29, 1.82) is 0 Å². The van der Waals surface area contributed by atoms with E-state index in [1.807, 2.05) is 0 Å². The molecule has 0 saturated carbocycles. The maximum absolute atomic E-state index is 10.9. The molecule has 2 rings (SSSR count). The molecular weight excluding hydrogens is 168 g/mol. The minimum absolute atomic E-state index is 0.103. The highest BCUT2D eigenvalue weighted by Crippen LogP contribution is 2.30. The van der Waals surface area contributed by atoms with Crippen LogP contribution in [0.25, 0.3) is 0 Å². The van der Waals surface area contributed by atoms with E-state index in [0.29, 0.717) is 5.76 Å². The van der Waals surface area contributed by atoms with Crippen molar-refractivity contribution >= 4 is 5.97 Å². The van der Waals surface area contributed by atoms with Crippen LogP contribution >= 0.6 is 0 Å². The number of hydrogen-bond acceptors (Lipinski definition) is 3. The summed E-state index contributed by atoms with van der Waals surface area (Å²) in [5, 5.41) is 9.17. The summed E-state index contributed by atoms with van der Waals surface area (Å²) < 4.78 is 4.82. The lowest BCUT2D eigenvalue weighted by Crippen LogP contribution is -2.18. The number of esters is 1. The molecule has 0 fully saturated rings. The van der Waals surface area contributed by atoms with Crippen molar-refractivity contribution in [2.75, 3.05) is 0 Å². The van der Waals surface area contributed by atoms with Crippen LogP contribution in [0.5, 0.6) is 0 Å². The first-order valence-corrected chi connectivity index (χ1v) is 3.88. The molecule has 0 aromatic carbocycles. The predicted octanol–water partition coefficient (Wildman–Crippen LogP) is 1.61. The fourth-order valence-electron chi connectivity index (χ4n) is 1.40. The SMILES string of the molecule is C=C1OC(=O)C=C2C=C(O)C=CC12. The summed E-state index contributed by atoms with van der Waals surface area (Å²) in [6.07, 6.45) is 6.21. The van der Waals surface area contributed by atoms with Gasteiger partial charge >= 0.3 is 5.97 Å². The molecule has 0 spiro atoms. The number of hydrogen-bond donors (Lipinski definition) is 1. The standard InChI is InChI=1S/C10H8O3/c1-6-9-3-2-8(11)4-7(9)5-10(12)13-6/h2-5,9,11H,1H2. The zero-order valence-corrected chi connectivity index (χ0v) is 6.86. The third-order valence-corrected chi connectivity index (χ3v) is 2.00. The Balaban J connectivity index is 2.44. The number of allylic oxidation sites excluding steroid dienone is 3. The van der Waals surface area contributed by atoms with Gasteiger partial charge in [0.25, 0.3) is 0 Å². The molecule has 1 N–H and O–H groups in total. The summed E-state index contributed by atoms with van der Waals surface area (Å²) in [4.78, 5) is 10.9. The van der Waals surface area contributed by atoms with Crippen LogP contribution < -0.4 is 0 Å². The predicted molar refractivity (Wildman–Crippen MR) is 46.7 cm³/mol. The van der Waals surface area contributed by atoms with Crippen molar-refractivity contribution in [3.05, 3.63) is 48.0 Å². The molecule has 0 bridgehead atoms. The summed E-state index contributed by atoms with van der Waals surface area (Å²) in [6, 6.07) is 0. The molecular formula is C10H8O3. The molecule has 1 atom stereocenters. The number of ether oxygens (including phenoxy) is 1. The normalized spacial score (nSPS) is 26.0. The Morgan fingerprint density at radius 3 is 3.00 bits per heavy atom. The van der Waals surface area contributed by atoms with Gasteiger partial charge < -0.3 is 9.84 Å². The molecule has 0 radical (unpaired) electrons. The Kier molecular flexibility index (Phi) is 1.59. The monoisotopic (exact) mass is 176 g/mol. The Bertz CT molecular complexity index is 372. The van der Waals surface area contributed by atoms with Crippen molar-refractivity contribution in [2.45, 2.75) is 0 Å². The van der Waals surface area contributed by atoms with Gasteiger partial charge in [-0.2, -0.15) is 0 Å². The van der Waals surface area contributed by atoms with E-state index in [4.69, 9.17) is 4.74 Å². The first-order valence-electron chi connectivity index (χ1n) is 3.88. The van der Waals surface area contributed by atoms with Crippen LogP contribution in [0.1, 0.15) is 0 Å². The van der Waals surface area contributed by atoms with Crippen molar-refractivity contribution in [3.63, 3.8) is 0 Å². The summed E-state index contributed by atoms with van der Waals surface area (Å²) in [5.41, 5.74) is 0.723. The highest BCUT2D eigenvalue weighted by atomic mass is 16.5. The number of carbonyl (C=O) groups is 1. The molecule has 3 nitrogen and oxygen atoms in total. The molecule has 1 aliphatic heterocycles. The summed E-state index contributed by atoms with van der Waals surface area (Å²) in [7, 11) is 0. The van der Waals surface area contributed by atoms with Gasteiger partial charge in [0.15, 0.2) is 0 Å². The number of carbonyl (C=O) groups excluding carboxylic acids is 1. The smallest absolute Gasteiger partial charge is 0.336 e. The molecule has 0 aromatic rings. The molecule has 0 saturated heterocycles. The van der Waals surface area contributed by atoms with Crippen molar-refractivity contribution in [3.8, 4) is 0 Å². The van der Waals surface area contributed by atoms with E-state index in [2.05, 4.69) is 6.58 Å². The van der Waals surface area contributed by atoms with Gasteiger partial charge in [-0.1, -0.05) is 12.7 Å². The van der Waals surface area contributed by atoms with E-state index >= 15 is 0 Å². The van der Waals surface area contributed by atoms with Crippen LogP contribution in [0.2, 0.25) is 0 Å². The second-order valence-corrected chi connectivity index (χ2v) is 2.94. The number of aliphatic hydroxyl groups excluding tert-OH is 1. The second-order valence-electron chi connectivity index (χ2n) is 2.94. The zero-order valence-electron chi connectivity index (χ0n) is 6.86. The van der Waals surface area contributed by atoms with Gasteiger partial charge in [0.1, 0.15) is 11.5 Å². The molecule has 1 aliphatic carbocycles. The number of cyclic esters (lactones) is 1. The van der Waals surface area contributed by atoms with E-state index in [9.17, 15) is 9.90 Å². The third-order valence-electron chi connectivity index (χ3n) is 2.00. The van der Waals surface area contributed by atoms with Crippen LogP contribution in [-0.2, 0) is 9.53 Å². The fraction of sp³-hybridized carbons (Fsp3) is 0.100. The van der Waals surface area contributed by atoms with Crippen molar-refractivity contribution < 1.29 is 14.6 Å². The van der Waals surface area contributed by atoms with Gasteiger partial charge in [-0.3, -0.25) is 0 Å².